The molecule has 0 spiro atoms. The fourth-order valence-corrected chi connectivity index (χ4v) is 2.40. The number of hydrogen-bond donors (Lipinski definition) is 1. The molecule has 22 heavy (non-hydrogen) atoms. The Bertz CT molecular complexity index is 310. The van der Waals surface area contributed by atoms with E-state index >= 15 is 0 Å². The van der Waals surface area contributed by atoms with Crippen molar-refractivity contribution < 1.29 is 19.4 Å². The number of ether oxygens (including phenoxy) is 1. The van der Waals surface area contributed by atoms with E-state index < -0.39 is 17.4 Å². The second-order valence-electron chi connectivity index (χ2n) is 6.77. The van der Waals surface area contributed by atoms with Crippen molar-refractivity contribution in [3.8, 4) is 0 Å². The molecule has 0 aliphatic rings. The van der Waals surface area contributed by atoms with Crippen molar-refractivity contribution in [1.29, 1.82) is 0 Å². The number of esters is 1. The van der Waals surface area contributed by atoms with Crippen LogP contribution in [-0.2, 0) is 14.3 Å². The minimum absolute atomic E-state index is 0.191. The number of hydrogen-bond acceptors (Lipinski definition) is 3. The van der Waals surface area contributed by atoms with Gasteiger partial charge in [0.1, 0.15) is 0 Å². The van der Waals surface area contributed by atoms with Crippen LogP contribution in [0.4, 0.5) is 0 Å². The standard InChI is InChI=1S/C18H34O4/c1-4-5-6-7-8-9-10-11-12-13-14-22-17(21)18(2,3)15-16(19)20/h4-15H2,1-3H3,(H,19,20). The second-order valence-corrected chi connectivity index (χ2v) is 6.77. The fraction of sp³-hybridized carbons (Fsp3) is 0.889. The highest BCUT2D eigenvalue weighted by atomic mass is 16.5. The number of unbranched alkanes of at least 4 members (excludes halogenated alkanes) is 9. The van der Waals surface area contributed by atoms with Crippen molar-refractivity contribution in [2.45, 2.75) is 91.4 Å². The van der Waals surface area contributed by atoms with E-state index in [2.05, 4.69) is 6.92 Å². The van der Waals surface area contributed by atoms with E-state index in [4.69, 9.17) is 9.84 Å². The van der Waals surface area contributed by atoms with Crippen LogP contribution in [0, 0.1) is 5.41 Å². The Hall–Kier alpha value is -1.06. The van der Waals surface area contributed by atoms with Crippen molar-refractivity contribution in [2.24, 2.45) is 5.41 Å². The van der Waals surface area contributed by atoms with Crippen LogP contribution in [0.1, 0.15) is 91.4 Å². The molecular weight excluding hydrogens is 280 g/mol. The van der Waals surface area contributed by atoms with E-state index in [-0.39, 0.29) is 6.42 Å². The maximum Gasteiger partial charge on any atom is 0.312 e. The van der Waals surface area contributed by atoms with Gasteiger partial charge in [0.05, 0.1) is 18.4 Å². The number of carbonyl (C=O) groups is 2. The van der Waals surface area contributed by atoms with Gasteiger partial charge in [0.15, 0.2) is 0 Å². The predicted octanol–water partition coefficient (Wildman–Crippen LogP) is 4.95. The highest BCUT2D eigenvalue weighted by Crippen LogP contribution is 2.22. The Morgan fingerprint density at radius 2 is 1.32 bits per heavy atom. The molecule has 0 aliphatic carbocycles. The maximum absolute atomic E-state index is 11.8. The Balaban J connectivity index is 3.46. The van der Waals surface area contributed by atoms with E-state index in [0.717, 1.165) is 12.8 Å². The van der Waals surface area contributed by atoms with Crippen molar-refractivity contribution in [3.05, 3.63) is 0 Å². The maximum atomic E-state index is 11.8. The van der Waals surface area contributed by atoms with Gasteiger partial charge in [0, 0.05) is 0 Å². The Labute approximate surface area is 135 Å². The lowest BCUT2D eigenvalue weighted by Crippen LogP contribution is -2.29. The first-order valence-corrected chi connectivity index (χ1v) is 8.79. The smallest absolute Gasteiger partial charge is 0.312 e. The first-order chi connectivity index (χ1) is 10.4. The lowest BCUT2D eigenvalue weighted by molar-refractivity contribution is -0.159. The Kier molecular flexibility index (Phi) is 11.9. The van der Waals surface area contributed by atoms with Gasteiger partial charge in [-0.15, -0.1) is 0 Å². The van der Waals surface area contributed by atoms with Gasteiger partial charge in [0.25, 0.3) is 0 Å². The molecule has 130 valence electrons. The summed E-state index contributed by atoms with van der Waals surface area (Å²) in [5, 5.41) is 8.75. The predicted molar refractivity (Wildman–Crippen MR) is 88.8 cm³/mol. The highest BCUT2D eigenvalue weighted by Gasteiger charge is 2.31. The number of carboxylic acids is 1. The molecule has 0 saturated carbocycles. The first kappa shape index (κ1) is 20.9. The van der Waals surface area contributed by atoms with Crippen LogP contribution in [0.25, 0.3) is 0 Å². The zero-order valence-corrected chi connectivity index (χ0v) is 14.7. The van der Waals surface area contributed by atoms with Crippen LogP contribution >= 0.6 is 0 Å². The molecule has 4 nitrogen and oxygen atoms in total. The minimum atomic E-state index is -0.971. The van der Waals surface area contributed by atoms with E-state index in [0.29, 0.717) is 6.61 Å². The van der Waals surface area contributed by atoms with Crippen LogP contribution < -0.4 is 0 Å². The molecular formula is C18H34O4. The molecule has 0 saturated heterocycles. The summed E-state index contributed by atoms with van der Waals surface area (Å²) in [7, 11) is 0. The molecule has 0 bridgehead atoms. The monoisotopic (exact) mass is 314 g/mol. The minimum Gasteiger partial charge on any atom is -0.481 e. The van der Waals surface area contributed by atoms with Crippen LogP contribution in [-0.4, -0.2) is 23.7 Å². The summed E-state index contributed by atoms with van der Waals surface area (Å²) in [6.45, 7) is 5.86. The van der Waals surface area contributed by atoms with Crippen LogP contribution in [0.2, 0.25) is 0 Å². The summed E-state index contributed by atoms with van der Waals surface area (Å²) in [6.07, 6.45) is 12.2. The number of carboxylic acid groups (broad SMARTS) is 1. The average molecular weight is 314 g/mol. The summed E-state index contributed by atoms with van der Waals surface area (Å²) in [4.78, 5) is 22.4. The van der Waals surface area contributed by atoms with Gasteiger partial charge in [-0.2, -0.15) is 0 Å². The van der Waals surface area contributed by atoms with E-state index in [9.17, 15) is 9.59 Å². The molecule has 0 aromatic rings. The van der Waals surface area contributed by atoms with Gasteiger partial charge in [0.2, 0.25) is 0 Å². The fourth-order valence-electron chi connectivity index (χ4n) is 2.40. The summed E-state index contributed by atoms with van der Waals surface area (Å²) < 4.78 is 5.18. The van der Waals surface area contributed by atoms with Gasteiger partial charge in [-0.1, -0.05) is 64.7 Å². The number of carbonyl (C=O) groups excluding carboxylic acids is 1. The molecule has 0 fully saturated rings. The summed E-state index contributed by atoms with van der Waals surface area (Å²) in [5.41, 5.74) is -0.940. The Morgan fingerprint density at radius 1 is 0.864 bits per heavy atom. The summed E-state index contributed by atoms with van der Waals surface area (Å²) >= 11 is 0. The lowest BCUT2D eigenvalue weighted by Gasteiger charge is -2.20. The SMILES string of the molecule is CCCCCCCCCCCCOC(=O)C(C)(C)CC(=O)O. The van der Waals surface area contributed by atoms with E-state index in [1.165, 1.54) is 51.4 Å². The third-order valence-corrected chi connectivity index (χ3v) is 3.88. The molecule has 4 heteroatoms. The highest BCUT2D eigenvalue weighted by molar-refractivity contribution is 5.81. The van der Waals surface area contributed by atoms with Gasteiger partial charge >= 0.3 is 11.9 Å². The first-order valence-electron chi connectivity index (χ1n) is 8.79. The molecule has 0 heterocycles. The normalized spacial score (nSPS) is 11.4. The summed E-state index contributed by atoms with van der Waals surface area (Å²) in [5.74, 6) is -1.38. The molecule has 0 amide bonds. The van der Waals surface area contributed by atoms with Crippen molar-refractivity contribution in [2.75, 3.05) is 6.61 Å². The molecule has 0 rings (SSSR count). The summed E-state index contributed by atoms with van der Waals surface area (Å²) in [6, 6.07) is 0. The lowest BCUT2D eigenvalue weighted by atomic mass is 9.90. The number of aliphatic carboxylic acids is 1. The number of rotatable bonds is 14. The molecule has 0 aliphatic heterocycles. The molecule has 0 unspecified atom stereocenters. The zero-order chi connectivity index (χ0) is 16.8. The van der Waals surface area contributed by atoms with Gasteiger partial charge < -0.3 is 9.84 Å². The zero-order valence-electron chi connectivity index (χ0n) is 14.7. The third-order valence-electron chi connectivity index (χ3n) is 3.88. The largest absolute Gasteiger partial charge is 0.481 e. The quantitative estimate of drug-likeness (QED) is 0.364. The van der Waals surface area contributed by atoms with Crippen LogP contribution in [0.5, 0.6) is 0 Å². The second kappa shape index (κ2) is 12.5. The van der Waals surface area contributed by atoms with Gasteiger partial charge in [-0.05, 0) is 20.3 Å². The van der Waals surface area contributed by atoms with Crippen molar-refractivity contribution in [1.82, 2.24) is 0 Å². The molecule has 1 N–H and O–H groups in total. The average Bonchev–Trinajstić information content (AvgIpc) is 2.43. The molecule has 0 atom stereocenters. The molecule has 0 radical (unpaired) electrons. The van der Waals surface area contributed by atoms with Crippen molar-refractivity contribution in [3.63, 3.8) is 0 Å². The van der Waals surface area contributed by atoms with Gasteiger partial charge in [-0.25, -0.2) is 0 Å². The van der Waals surface area contributed by atoms with Gasteiger partial charge in [-0.3, -0.25) is 9.59 Å². The molecule has 0 aromatic heterocycles. The molecule has 0 aromatic carbocycles. The van der Waals surface area contributed by atoms with Crippen LogP contribution in [0.15, 0.2) is 0 Å². The Morgan fingerprint density at radius 3 is 1.77 bits per heavy atom. The van der Waals surface area contributed by atoms with Crippen LogP contribution in [0.3, 0.4) is 0 Å². The van der Waals surface area contributed by atoms with E-state index in [1.54, 1.807) is 13.8 Å². The van der Waals surface area contributed by atoms with E-state index in [1.807, 2.05) is 0 Å². The van der Waals surface area contributed by atoms with Crippen molar-refractivity contribution >= 4 is 11.9 Å². The third kappa shape index (κ3) is 11.6. The topological polar surface area (TPSA) is 63.6 Å².